The van der Waals surface area contributed by atoms with Crippen molar-refractivity contribution in [2.75, 3.05) is 17.1 Å². The first-order valence-electron chi connectivity index (χ1n) is 8.98. The zero-order valence-electron chi connectivity index (χ0n) is 16.4. The van der Waals surface area contributed by atoms with E-state index in [1.165, 1.54) is 43.5 Å². The zero-order valence-corrected chi connectivity index (χ0v) is 17.2. The van der Waals surface area contributed by atoms with E-state index in [9.17, 15) is 18.0 Å². The van der Waals surface area contributed by atoms with Gasteiger partial charge < -0.3 is 10.1 Å². The number of benzene rings is 3. The maximum absolute atomic E-state index is 12.8. The molecule has 3 aromatic carbocycles. The van der Waals surface area contributed by atoms with Crippen LogP contribution in [0.3, 0.4) is 0 Å². The third-order valence-electron chi connectivity index (χ3n) is 4.26. The number of esters is 1. The standard InChI is InChI=1S/C22H20N2O5S/c1-15-7-5-9-17(13-15)23-21(25)19-11-3-4-12-20(19)24-30(27,28)18-10-6-8-16(14-18)22(26)29-2/h3-14,24H,1-2H3,(H,23,25). The molecule has 0 atom stereocenters. The fourth-order valence-corrected chi connectivity index (χ4v) is 3.93. The molecule has 2 N–H and O–H groups in total. The summed E-state index contributed by atoms with van der Waals surface area (Å²) >= 11 is 0. The van der Waals surface area contributed by atoms with Crippen LogP contribution in [-0.4, -0.2) is 27.4 Å². The third-order valence-corrected chi connectivity index (χ3v) is 5.62. The van der Waals surface area contributed by atoms with Gasteiger partial charge in [-0.25, -0.2) is 13.2 Å². The van der Waals surface area contributed by atoms with Crippen molar-refractivity contribution in [2.45, 2.75) is 11.8 Å². The number of amides is 1. The molecular weight excluding hydrogens is 404 g/mol. The maximum Gasteiger partial charge on any atom is 0.337 e. The number of para-hydroxylation sites is 1. The second-order valence-corrected chi connectivity index (χ2v) is 8.18. The molecule has 0 spiro atoms. The fourth-order valence-electron chi connectivity index (χ4n) is 2.80. The van der Waals surface area contributed by atoms with Gasteiger partial charge in [-0.2, -0.15) is 0 Å². The van der Waals surface area contributed by atoms with E-state index in [2.05, 4.69) is 14.8 Å². The topological polar surface area (TPSA) is 102 Å². The van der Waals surface area contributed by atoms with Crippen LogP contribution in [0.4, 0.5) is 11.4 Å². The fraction of sp³-hybridized carbons (Fsp3) is 0.0909. The van der Waals surface area contributed by atoms with Gasteiger partial charge in [-0.1, -0.05) is 30.3 Å². The van der Waals surface area contributed by atoms with Gasteiger partial charge in [0.15, 0.2) is 0 Å². The van der Waals surface area contributed by atoms with Gasteiger partial charge >= 0.3 is 5.97 Å². The molecule has 0 saturated heterocycles. The minimum absolute atomic E-state index is 0.103. The van der Waals surface area contributed by atoms with Gasteiger partial charge in [-0.05, 0) is 55.0 Å². The number of carbonyl (C=O) groups excluding carboxylic acids is 2. The highest BCUT2D eigenvalue weighted by atomic mass is 32.2. The average molecular weight is 424 g/mol. The van der Waals surface area contributed by atoms with E-state index < -0.39 is 21.9 Å². The summed E-state index contributed by atoms with van der Waals surface area (Å²) in [5.41, 5.74) is 1.96. The van der Waals surface area contributed by atoms with Crippen molar-refractivity contribution in [1.82, 2.24) is 0 Å². The summed E-state index contributed by atoms with van der Waals surface area (Å²) in [5, 5.41) is 2.76. The molecule has 0 radical (unpaired) electrons. The normalized spacial score (nSPS) is 10.9. The molecular formula is C22H20N2O5S. The molecule has 0 aliphatic carbocycles. The summed E-state index contributed by atoms with van der Waals surface area (Å²) < 4.78 is 32.8. The van der Waals surface area contributed by atoms with Gasteiger partial charge in [0.1, 0.15) is 0 Å². The van der Waals surface area contributed by atoms with Gasteiger partial charge in [-0.3, -0.25) is 9.52 Å². The lowest BCUT2D eigenvalue weighted by atomic mass is 10.1. The molecule has 0 aliphatic rings. The first-order chi connectivity index (χ1) is 14.3. The van der Waals surface area contributed by atoms with Crippen LogP contribution in [-0.2, 0) is 14.8 Å². The van der Waals surface area contributed by atoms with Gasteiger partial charge in [0, 0.05) is 5.69 Å². The number of hydrogen-bond acceptors (Lipinski definition) is 5. The second-order valence-electron chi connectivity index (χ2n) is 6.49. The Kier molecular flexibility index (Phi) is 6.17. The molecule has 0 bridgehead atoms. The number of ether oxygens (including phenoxy) is 1. The summed E-state index contributed by atoms with van der Waals surface area (Å²) in [7, 11) is -2.84. The Hall–Kier alpha value is -3.65. The van der Waals surface area contributed by atoms with E-state index >= 15 is 0 Å². The lowest BCUT2D eigenvalue weighted by molar-refractivity contribution is 0.0600. The Balaban J connectivity index is 1.89. The van der Waals surface area contributed by atoms with Crippen molar-refractivity contribution in [3.05, 3.63) is 89.5 Å². The molecule has 154 valence electrons. The Labute approximate surface area is 174 Å². The molecule has 0 aliphatic heterocycles. The Morgan fingerprint density at radius 3 is 2.37 bits per heavy atom. The Morgan fingerprint density at radius 2 is 1.63 bits per heavy atom. The molecule has 3 rings (SSSR count). The van der Waals surface area contributed by atoms with Crippen molar-refractivity contribution in [2.24, 2.45) is 0 Å². The van der Waals surface area contributed by atoms with Crippen molar-refractivity contribution >= 4 is 33.3 Å². The molecule has 0 unspecified atom stereocenters. The van der Waals surface area contributed by atoms with Crippen LogP contribution in [0.1, 0.15) is 26.3 Å². The van der Waals surface area contributed by atoms with Gasteiger partial charge in [0.25, 0.3) is 15.9 Å². The molecule has 1 amide bonds. The van der Waals surface area contributed by atoms with Crippen LogP contribution in [0.5, 0.6) is 0 Å². The van der Waals surface area contributed by atoms with E-state index in [0.29, 0.717) is 5.69 Å². The summed E-state index contributed by atoms with van der Waals surface area (Å²) in [5.74, 6) is -1.10. The lowest BCUT2D eigenvalue weighted by Gasteiger charge is -2.13. The number of methoxy groups -OCH3 is 1. The molecule has 7 nitrogen and oxygen atoms in total. The average Bonchev–Trinajstić information content (AvgIpc) is 2.73. The van der Waals surface area contributed by atoms with E-state index in [4.69, 9.17) is 0 Å². The van der Waals surface area contributed by atoms with Crippen LogP contribution in [0.15, 0.2) is 77.7 Å². The Morgan fingerprint density at radius 1 is 0.900 bits per heavy atom. The Bertz CT molecular complexity index is 1210. The number of aryl methyl sites for hydroxylation is 1. The van der Waals surface area contributed by atoms with Gasteiger partial charge in [-0.15, -0.1) is 0 Å². The van der Waals surface area contributed by atoms with E-state index in [1.54, 1.807) is 18.2 Å². The molecule has 8 heteroatoms. The number of nitrogens with one attached hydrogen (secondary N) is 2. The summed E-state index contributed by atoms with van der Waals surface area (Å²) in [6.45, 7) is 1.90. The predicted octanol–water partition coefficient (Wildman–Crippen LogP) is 3.83. The highest BCUT2D eigenvalue weighted by Crippen LogP contribution is 2.22. The van der Waals surface area contributed by atoms with Crippen LogP contribution in [0.2, 0.25) is 0 Å². The van der Waals surface area contributed by atoms with E-state index in [0.717, 1.165) is 5.56 Å². The second kappa shape index (κ2) is 8.79. The van der Waals surface area contributed by atoms with Crippen LogP contribution >= 0.6 is 0 Å². The van der Waals surface area contributed by atoms with Crippen LogP contribution in [0, 0.1) is 6.92 Å². The number of anilines is 2. The highest BCUT2D eigenvalue weighted by molar-refractivity contribution is 7.92. The number of hydrogen-bond donors (Lipinski definition) is 2. The van der Waals surface area contributed by atoms with Gasteiger partial charge in [0.2, 0.25) is 0 Å². The number of rotatable bonds is 6. The SMILES string of the molecule is COC(=O)c1cccc(S(=O)(=O)Nc2ccccc2C(=O)Nc2cccc(C)c2)c1. The van der Waals surface area contributed by atoms with Crippen molar-refractivity contribution in [3.8, 4) is 0 Å². The van der Waals surface area contributed by atoms with Crippen LogP contribution in [0.25, 0.3) is 0 Å². The van der Waals surface area contributed by atoms with Crippen molar-refractivity contribution < 1.29 is 22.7 Å². The smallest absolute Gasteiger partial charge is 0.337 e. The summed E-state index contributed by atoms with van der Waals surface area (Å²) in [4.78, 5) is 24.3. The van der Waals surface area contributed by atoms with Gasteiger partial charge in [0.05, 0.1) is 28.8 Å². The maximum atomic E-state index is 12.8. The summed E-state index contributed by atoms with van der Waals surface area (Å²) in [6.07, 6.45) is 0. The molecule has 3 aromatic rings. The van der Waals surface area contributed by atoms with Crippen LogP contribution < -0.4 is 10.0 Å². The highest BCUT2D eigenvalue weighted by Gasteiger charge is 2.20. The molecule has 0 heterocycles. The summed E-state index contributed by atoms with van der Waals surface area (Å²) in [6, 6.07) is 19.0. The molecule has 30 heavy (non-hydrogen) atoms. The predicted molar refractivity (Wildman–Crippen MR) is 114 cm³/mol. The quantitative estimate of drug-likeness (QED) is 0.586. The minimum atomic E-state index is -4.05. The largest absolute Gasteiger partial charge is 0.465 e. The van der Waals surface area contributed by atoms with Crippen molar-refractivity contribution in [3.63, 3.8) is 0 Å². The molecule has 0 aromatic heterocycles. The minimum Gasteiger partial charge on any atom is -0.465 e. The number of carbonyl (C=O) groups is 2. The van der Waals surface area contributed by atoms with E-state index in [1.807, 2.05) is 25.1 Å². The number of sulfonamides is 1. The van der Waals surface area contributed by atoms with E-state index in [-0.39, 0.29) is 21.7 Å². The first-order valence-corrected chi connectivity index (χ1v) is 10.5. The monoisotopic (exact) mass is 424 g/mol. The molecule has 0 saturated carbocycles. The third kappa shape index (κ3) is 4.84. The zero-order chi connectivity index (χ0) is 21.7. The van der Waals surface area contributed by atoms with Crippen molar-refractivity contribution in [1.29, 1.82) is 0 Å². The first kappa shape index (κ1) is 21.1. The lowest BCUT2D eigenvalue weighted by Crippen LogP contribution is -2.19. The molecule has 0 fully saturated rings.